The largest absolute Gasteiger partial charge is 0.388 e. The highest BCUT2D eigenvalue weighted by Crippen LogP contribution is 2.23. The molecule has 0 spiro atoms. The van der Waals surface area contributed by atoms with Gasteiger partial charge in [-0.15, -0.1) is 0 Å². The Morgan fingerprint density at radius 3 is 2.53 bits per heavy atom. The maximum atomic E-state index is 7.16. The summed E-state index contributed by atoms with van der Waals surface area (Å²) in [5.41, 5.74) is 5.33. The molecule has 1 aliphatic rings. The first-order valence-electron chi connectivity index (χ1n) is 6.31. The van der Waals surface area contributed by atoms with Crippen molar-refractivity contribution in [1.82, 2.24) is 4.90 Å². The van der Waals surface area contributed by atoms with Gasteiger partial charge >= 0.3 is 0 Å². The van der Waals surface area contributed by atoms with Crippen molar-refractivity contribution in [3.8, 4) is 0 Å². The lowest BCUT2D eigenvalue weighted by atomic mass is 10.1. The lowest BCUT2D eigenvalue weighted by Crippen LogP contribution is -2.33. The molecule has 0 saturated heterocycles. The molecule has 3 heteroatoms. The van der Waals surface area contributed by atoms with Gasteiger partial charge in [0.05, 0.1) is 5.84 Å². The van der Waals surface area contributed by atoms with Gasteiger partial charge in [0.15, 0.2) is 0 Å². The molecular weight excluding hydrogens is 186 g/mol. The molecule has 0 aliphatic heterocycles. The maximum absolute atomic E-state index is 7.16. The molecule has 1 rings (SSSR count). The number of unbranched alkanes of at least 4 members (excludes halogenated alkanes) is 1. The van der Waals surface area contributed by atoms with E-state index < -0.39 is 0 Å². The van der Waals surface area contributed by atoms with Crippen molar-refractivity contribution in [3.05, 3.63) is 0 Å². The van der Waals surface area contributed by atoms with Crippen LogP contribution in [0.4, 0.5) is 0 Å². The van der Waals surface area contributed by atoms with Gasteiger partial charge in [0.2, 0.25) is 0 Å². The van der Waals surface area contributed by atoms with Crippen LogP contribution in [0.15, 0.2) is 0 Å². The standard InChI is InChI=1S/C12H25N3/c1-2-15(11-7-3-4-8-11)10-6-5-9-12(13)14/h11H,2-10H2,1H3,(H3,13,14). The summed E-state index contributed by atoms with van der Waals surface area (Å²) >= 11 is 0. The van der Waals surface area contributed by atoms with E-state index in [0.29, 0.717) is 5.84 Å². The summed E-state index contributed by atoms with van der Waals surface area (Å²) in [6.07, 6.45) is 8.62. The second kappa shape index (κ2) is 6.83. The zero-order valence-corrected chi connectivity index (χ0v) is 9.97. The molecule has 0 unspecified atom stereocenters. The van der Waals surface area contributed by atoms with Crippen LogP contribution in [0, 0.1) is 5.41 Å². The summed E-state index contributed by atoms with van der Waals surface area (Å²) in [6.45, 7) is 4.61. The van der Waals surface area contributed by atoms with Crippen LogP contribution in [0.25, 0.3) is 0 Å². The molecule has 0 aromatic heterocycles. The van der Waals surface area contributed by atoms with Gasteiger partial charge in [0.25, 0.3) is 0 Å². The smallest absolute Gasteiger partial charge is 0.0905 e. The Bertz CT molecular complexity index is 185. The lowest BCUT2D eigenvalue weighted by Gasteiger charge is -2.27. The molecular formula is C12H25N3. The first kappa shape index (κ1) is 12.5. The molecule has 0 aromatic rings. The molecule has 3 nitrogen and oxygen atoms in total. The fourth-order valence-electron chi connectivity index (χ4n) is 2.50. The molecule has 0 radical (unpaired) electrons. The van der Waals surface area contributed by atoms with Crippen molar-refractivity contribution < 1.29 is 0 Å². The fourth-order valence-corrected chi connectivity index (χ4v) is 2.50. The van der Waals surface area contributed by atoms with Gasteiger partial charge in [0.1, 0.15) is 0 Å². The Hall–Kier alpha value is -0.570. The zero-order chi connectivity index (χ0) is 11.1. The topological polar surface area (TPSA) is 53.1 Å². The number of nitrogens with zero attached hydrogens (tertiary/aromatic N) is 1. The van der Waals surface area contributed by atoms with E-state index in [4.69, 9.17) is 11.1 Å². The molecule has 3 N–H and O–H groups in total. The van der Waals surface area contributed by atoms with Gasteiger partial charge in [-0.2, -0.15) is 0 Å². The van der Waals surface area contributed by atoms with Gasteiger partial charge in [-0.1, -0.05) is 19.8 Å². The number of rotatable bonds is 7. The highest BCUT2D eigenvalue weighted by Gasteiger charge is 2.20. The molecule has 0 heterocycles. The van der Waals surface area contributed by atoms with E-state index in [1.807, 2.05) is 0 Å². The van der Waals surface area contributed by atoms with Gasteiger partial charge < -0.3 is 10.6 Å². The van der Waals surface area contributed by atoms with E-state index in [1.54, 1.807) is 0 Å². The molecule has 1 fully saturated rings. The van der Waals surface area contributed by atoms with Crippen LogP contribution in [0.3, 0.4) is 0 Å². The lowest BCUT2D eigenvalue weighted by molar-refractivity contribution is 0.205. The minimum Gasteiger partial charge on any atom is -0.388 e. The normalized spacial score (nSPS) is 17.5. The summed E-state index contributed by atoms with van der Waals surface area (Å²) in [4.78, 5) is 2.60. The highest BCUT2D eigenvalue weighted by molar-refractivity contribution is 5.76. The number of hydrogen-bond donors (Lipinski definition) is 2. The predicted molar refractivity (Wildman–Crippen MR) is 65.3 cm³/mol. The first-order valence-corrected chi connectivity index (χ1v) is 6.31. The molecule has 1 aliphatic carbocycles. The zero-order valence-electron chi connectivity index (χ0n) is 9.97. The van der Waals surface area contributed by atoms with Crippen molar-refractivity contribution in [2.75, 3.05) is 13.1 Å². The van der Waals surface area contributed by atoms with Crippen LogP contribution in [-0.2, 0) is 0 Å². The van der Waals surface area contributed by atoms with Crippen molar-refractivity contribution >= 4 is 5.84 Å². The van der Waals surface area contributed by atoms with E-state index in [0.717, 1.165) is 18.9 Å². The predicted octanol–water partition coefficient (Wildman–Crippen LogP) is 2.36. The van der Waals surface area contributed by atoms with E-state index in [9.17, 15) is 0 Å². The number of nitrogens with one attached hydrogen (secondary N) is 1. The van der Waals surface area contributed by atoms with Crippen LogP contribution in [0.5, 0.6) is 0 Å². The van der Waals surface area contributed by atoms with Gasteiger partial charge in [0, 0.05) is 12.5 Å². The van der Waals surface area contributed by atoms with Crippen LogP contribution in [-0.4, -0.2) is 29.9 Å². The molecule has 0 aromatic carbocycles. The Morgan fingerprint density at radius 1 is 1.33 bits per heavy atom. The average Bonchev–Trinajstić information content (AvgIpc) is 2.70. The molecule has 0 atom stereocenters. The Morgan fingerprint density at radius 2 is 2.00 bits per heavy atom. The summed E-state index contributed by atoms with van der Waals surface area (Å²) in [7, 11) is 0. The summed E-state index contributed by atoms with van der Waals surface area (Å²) in [6, 6.07) is 0.840. The minimum atomic E-state index is 0.332. The van der Waals surface area contributed by atoms with Crippen molar-refractivity contribution in [2.45, 2.75) is 57.9 Å². The third-order valence-electron chi connectivity index (χ3n) is 3.39. The fraction of sp³-hybridized carbons (Fsp3) is 0.917. The molecule has 15 heavy (non-hydrogen) atoms. The van der Waals surface area contributed by atoms with E-state index >= 15 is 0 Å². The van der Waals surface area contributed by atoms with Crippen molar-refractivity contribution in [2.24, 2.45) is 5.73 Å². The second-order valence-electron chi connectivity index (χ2n) is 4.55. The third-order valence-corrected chi connectivity index (χ3v) is 3.39. The van der Waals surface area contributed by atoms with E-state index in [2.05, 4.69) is 11.8 Å². The van der Waals surface area contributed by atoms with E-state index in [1.165, 1.54) is 45.2 Å². The van der Waals surface area contributed by atoms with Gasteiger partial charge in [-0.05, 0) is 38.8 Å². The quantitative estimate of drug-likeness (QED) is 0.386. The molecule has 1 saturated carbocycles. The van der Waals surface area contributed by atoms with Crippen LogP contribution in [0.2, 0.25) is 0 Å². The van der Waals surface area contributed by atoms with Gasteiger partial charge in [-0.3, -0.25) is 5.41 Å². The van der Waals surface area contributed by atoms with Gasteiger partial charge in [-0.25, -0.2) is 0 Å². The molecule has 88 valence electrons. The summed E-state index contributed by atoms with van der Waals surface area (Å²) < 4.78 is 0. The third kappa shape index (κ3) is 4.65. The second-order valence-corrected chi connectivity index (χ2v) is 4.55. The first-order chi connectivity index (χ1) is 7.24. The minimum absolute atomic E-state index is 0.332. The van der Waals surface area contributed by atoms with Crippen molar-refractivity contribution in [3.63, 3.8) is 0 Å². The highest BCUT2D eigenvalue weighted by atomic mass is 15.1. The Labute approximate surface area is 93.5 Å². The summed E-state index contributed by atoms with van der Waals surface area (Å²) in [5, 5.41) is 7.16. The molecule has 0 bridgehead atoms. The average molecular weight is 211 g/mol. The maximum Gasteiger partial charge on any atom is 0.0905 e. The Balaban J connectivity index is 2.13. The monoisotopic (exact) mass is 211 g/mol. The Kier molecular flexibility index (Phi) is 5.69. The van der Waals surface area contributed by atoms with Crippen LogP contribution >= 0.6 is 0 Å². The van der Waals surface area contributed by atoms with Crippen molar-refractivity contribution in [1.29, 1.82) is 5.41 Å². The van der Waals surface area contributed by atoms with E-state index in [-0.39, 0.29) is 0 Å². The number of amidine groups is 1. The van der Waals surface area contributed by atoms with Crippen LogP contribution < -0.4 is 5.73 Å². The van der Waals surface area contributed by atoms with Crippen LogP contribution in [0.1, 0.15) is 51.9 Å². The molecule has 0 amide bonds. The summed E-state index contributed by atoms with van der Waals surface area (Å²) in [5.74, 6) is 0.332. The SMILES string of the molecule is CCN(CCCCC(=N)N)C1CCCC1. The number of hydrogen-bond acceptors (Lipinski definition) is 2. The number of nitrogens with two attached hydrogens (primary N) is 1.